The number of halogens is 2. The van der Waals surface area contributed by atoms with Gasteiger partial charge < -0.3 is 0 Å². The Kier molecular flexibility index (Phi) is 2.80. The van der Waals surface area contributed by atoms with E-state index in [9.17, 15) is 8.78 Å². The van der Waals surface area contributed by atoms with Gasteiger partial charge in [-0.3, -0.25) is 0 Å². The van der Waals surface area contributed by atoms with Crippen LogP contribution < -0.4 is 0 Å². The molecule has 66 valence electrons. The highest BCUT2D eigenvalue weighted by Gasteiger charge is 2.28. The second-order valence-corrected chi connectivity index (χ2v) is 3.12. The van der Waals surface area contributed by atoms with E-state index in [1.807, 2.05) is 6.92 Å². The molecule has 0 bridgehead atoms. The summed E-state index contributed by atoms with van der Waals surface area (Å²) in [4.78, 5) is 0. The fourth-order valence-electron chi connectivity index (χ4n) is 1.46. The second-order valence-electron chi connectivity index (χ2n) is 3.12. The first-order valence-electron chi connectivity index (χ1n) is 4.11. The average Bonchev–Trinajstić information content (AvgIpc) is 2.09. The maximum absolute atomic E-state index is 12.9. The summed E-state index contributed by atoms with van der Waals surface area (Å²) in [5.41, 5.74) is 0.000556. The highest BCUT2D eigenvalue weighted by molar-refractivity contribution is 5.29. The van der Waals surface area contributed by atoms with Gasteiger partial charge >= 0.3 is 0 Å². The van der Waals surface area contributed by atoms with E-state index in [4.69, 9.17) is 5.26 Å². The van der Waals surface area contributed by atoms with Gasteiger partial charge in [0.2, 0.25) is 0 Å². The van der Waals surface area contributed by atoms with Crippen molar-refractivity contribution < 1.29 is 8.78 Å². The van der Waals surface area contributed by atoms with Crippen LogP contribution in [0.3, 0.4) is 0 Å². The summed E-state index contributed by atoms with van der Waals surface area (Å²) in [7, 11) is 0. The Hall–Kier alpha value is -0.910. The Morgan fingerprint density at radius 3 is 2.83 bits per heavy atom. The first-order valence-corrected chi connectivity index (χ1v) is 4.11. The lowest BCUT2D eigenvalue weighted by atomic mass is 9.86. The Labute approximate surface area is 70.7 Å². The van der Waals surface area contributed by atoms with Crippen LogP contribution in [0.25, 0.3) is 0 Å². The third-order valence-corrected chi connectivity index (χ3v) is 2.31. The zero-order valence-electron chi connectivity index (χ0n) is 6.98. The third-order valence-electron chi connectivity index (χ3n) is 2.31. The van der Waals surface area contributed by atoms with Gasteiger partial charge in [0, 0.05) is 0 Å². The van der Waals surface area contributed by atoms with E-state index in [1.54, 1.807) is 6.07 Å². The lowest BCUT2D eigenvalue weighted by Crippen LogP contribution is -2.17. The maximum Gasteiger partial charge on any atom is 0.153 e. The van der Waals surface area contributed by atoms with E-state index in [0.717, 1.165) is 6.42 Å². The third kappa shape index (κ3) is 1.63. The van der Waals surface area contributed by atoms with Crippen LogP contribution in [0.1, 0.15) is 26.2 Å². The molecule has 1 aliphatic rings. The zero-order valence-corrected chi connectivity index (χ0v) is 6.98. The molecule has 0 radical (unpaired) electrons. The predicted octanol–water partition coefficient (Wildman–Crippen LogP) is 2.89. The molecule has 0 spiro atoms. The van der Waals surface area contributed by atoms with Crippen LogP contribution in [0.15, 0.2) is 11.4 Å². The number of hydrogen-bond donors (Lipinski definition) is 0. The molecule has 0 aromatic carbocycles. The van der Waals surface area contributed by atoms with Crippen molar-refractivity contribution in [2.45, 2.75) is 32.4 Å². The molecule has 2 unspecified atom stereocenters. The van der Waals surface area contributed by atoms with Crippen LogP contribution in [0, 0.1) is 17.2 Å². The quantitative estimate of drug-likeness (QED) is 0.595. The molecule has 1 nitrogen and oxygen atoms in total. The number of hydrogen-bond acceptors (Lipinski definition) is 1. The van der Waals surface area contributed by atoms with E-state index < -0.39 is 12.0 Å². The number of nitriles is 1. The van der Waals surface area contributed by atoms with Gasteiger partial charge in [-0.05, 0) is 18.8 Å². The van der Waals surface area contributed by atoms with Crippen molar-refractivity contribution in [1.29, 1.82) is 5.26 Å². The topological polar surface area (TPSA) is 23.8 Å². The average molecular weight is 171 g/mol. The van der Waals surface area contributed by atoms with E-state index in [-0.39, 0.29) is 17.9 Å². The highest BCUT2D eigenvalue weighted by atomic mass is 19.2. The number of rotatable bonds is 1. The van der Waals surface area contributed by atoms with E-state index >= 15 is 0 Å². The van der Waals surface area contributed by atoms with Gasteiger partial charge in [-0.1, -0.05) is 13.3 Å². The Balaban J connectivity index is 2.82. The maximum atomic E-state index is 12.9. The van der Waals surface area contributed by atoms with Crippen molar-refractivity contribution in [2.24, 2.45) is 5.92 Å². The zero-order chi connectivity index (χ0) is 9.14. The number of nitrogens with zero attached hydrogens (tertiary/aromatic N) is 1. The largest absolute Gasteiger partial charge is 0.240 e. The number of alkyl halides is 1. The molecule has 3 heteroatoms. The normalized spacial score (nSPS) is 30.2. The summed E-state index contributed by atoms with van der Waals surface area (Å²) >= 11 is 0. The molecule has 0 saturated heterocycles. The van der Waals surface area contributed by atoms with Crippen LogP contribution in [-0.2, 0) is 0 Å². The summed E-state index contributed by atoms with van der Waals surface area (Å²) in [5.74, 6) is -0.712. The van der Waals surface area contributed by atoms with Gasteiger partial charge in [-0.15, -0.1) is 0 Å². The molecule has 0 N–H and O–H groups in total. The monoisotopic (exact) mass is 171 g/mol. The molecule has 0 aliphatic heterocycles. The molecule has 0 amide bonds. The summed E-state index contributed by atoms with van der Waals surface area (Å²) in [6.45, 7) is 1.93. The standard InChI is InChI=1S/C9H11F2N/c1-2-6-3-7(5-12)9(11)8(10)4-6/h6,8H,2-4H2,1H3. The van der Waals surface area contributed by atoms with Gasteiger partial charge in [0.05, 0.1) is 11.6 Å². The summed E-state index contributed by atoms with van der Waals surface area (Å²) < 4.78 is 25.7. The number of allylic oxidation sites excluding steroid dienone is 2. The lowest BCUT2D eigenvalue weighted by Gasteiger charge is -2.22. The molecule has 0 aromatic heterocycles. The van der Waals surface area contributed by atoms with Crippen LogP contribution >= 0.6 is 0 Å². The van der Waals surface area contributed by atoms with Crippen molar-refractivity contribution >= 4 is 0 Å². The Morgan fingerprint density at radius 1 is 1.67 bits per heavy atom. The van der Waals surface area contributed by atoms with Crippen LogP contribution in [0.4, 0.5) is 8.78 Å². The minimum atomic E-state index is -1.54. The van der Waals surface area contributed by atoms with Gasteiger partial charge in [-0.2, -0.15) is 5.26 Å². The smallest absolute Gasteiger partial charge is 0.153 e. The van der Waals surface area contributed by atoms with Crippen molar-refractivity contribution in [3.8, 4) is 6.07 Å². The fourth-order valence-corrected chi connectivity index (χ4v) is 1.46. The van der Waals surface area contributed by atoms with E-state index in [1.165, 1.54) is 0 Å². The van der Waals surface area contributed by atoms with Crippen molar-refractivity contribution in [2.75, 3.05) is 0 Å². The summed E-state index contributed by atoms with van der Waals surface area (Å²) in [6.07, 6.45) is -0.107. The molecule has 0 saturated carbocycles. The van der Waals surface area contributed by atoms with Crippen LogP contribution in [0.2, 0.25) is 0 Å². The second kappa shape index (κ2) is 3.66. The molecule has 12 heavy (non-hydrogen) atoms. The molecule has 2 atom stereocenters. The molecule has 1 rings (SSSR count). The summed E-state index contributed by atoms with van der Waals surface area (Å²) in [6, 6.07) is 1.71. The minimum absolute atomic E-state index is 0.000556. The fraction of sp³-hybridized carbons (Fsp3) is 0.667. The van der Waals surface area contributed by atoms with Gasteiger partial charge in [0.25, 0.3) is 0 Å². The van der Waals surface area contributed by atoms with Gasteiger partial charge in [-0.25, -0.2) is 8.78 Å². The predicted molar refractivity (Wildman–Crippen MR) is 41.7 cm³/mol. The summed E-state index contributed by atoms with van der Waals surface area (Å²) in [5, 5.41) is 8.48. The minimum Gasteiger partial charge on any atom is -0.240 e. The Bertz CT molecular complexity index is 239. The van der Waals surface area contributed by atoms with E-state index in [0.29, 0.717) is 6.42 Å². The first kappa shape index (κ1) is 9.18. The molecular formula is C9H11F2N. The Morgan fingerprint density at radius 2 is 2.33 bits per heavy atom. The molecule has 0 heterocycles. The van der Waals surface area contributed by atoms with Crippen LogP contribution in [-0.4, -0.2) is 6.17 Å². The lowest BCUT2D eigenvalue weighted by molar-refractivity contribution is 0.241. The molecular weight excluding hydrogens is 160 g/mol. The molecule has 0 fully saturated rings. The highest BCUT2D eigenvalue weighted by Crippen LogP contribution is 2.33. The first-order chi connectivity index (χ1) is 5.69. The molecule has 1 aliphatic carbocycles. The van der Waals surface area contributed by atoms with E-state index in [2.05, 4.69) is 0 Å². The van der Waals surface area contributed by atoms with Crippen molar-refractivity contribution in [3.63, 3.8) is 0 Å². The SMILES string of the molecule is CCC1CC(C#N)=C(F)C(F)C1. The molecule has 0 aromatic rings. The van der Waals surface area contributed by atoms with Gasteiger partial charge in [0.15, 0.2) is 6.17 Å². The van der Waals surface area contributed by atoms with Crippen molar-refractivity contribution in [1.82, 2.24) is 0 Å². The van der Waals surface area contributed by atoms with Crippen molar-refractivity contribution in [3.05, 3.63) is 11.4 Å². The van der Waals surface area contributed by atoms with Crippen LogP contribution in [0.5, 0.6) is 0 Å². The van der Waals surface area contributed by atoms with Gasteiger partial charge in [0.1, 0.15) is 5.83 Å².